The maximum absolute atomic E-state index is 11.9. The maximum Gasteiger partial charge on any atom is 0.269 e. The number of carbonyl (C=O) groups is 2. The topological polar surface area (TPSA) is 149 Å². The molecule has 9 heteroatoms. The van der Waals surface area contributed by atoms with Crippen molar-refractivity contribution < 1.29 is 9.59 Å². The van der Waals surface area contributed by atoms with Gasteiger partial charge < -0.3 is 22.1 Å². The number of aromatic nitrogens is 3. The van der Waals surface area contributed by atoms with Crippen LogP contribution in [0.2, 0.25) is 0 Å². The molecule has 0 radical (unpaired) electrons. The first kappa shape index (κ1) is 21.7. The minimum atomic E-state index is -0.687. The summed E-state index contributed by atoms with van der Waals surface area (Å²) in [5.41, 5.74) is 13.6. The summed E-state index contributed by atoms with van der Waals surface area (Å²) in [5.74, 6) is -0.383. The number of nitrogens with two attached hydrogens (primary N) is 2. The third-order valence-electron chi connectivity index (χ3n) is 4.50. The average molecular weight is 419 g/mol. The molecule has 2 amide bonds. The van der Waals surface area contributed by atoms with Crippen LogP contribution in [0.15, 0.2) is 55.0 Å². The Labute approximate surface area is 180 Å². The Kier molecular flexibility index (Phi) is 6.76. The third-order valence-corrected chi connectivity index (χ3v) is 4.50. The number of hydrogen-bond donors (Lipinski definition) is 4. The van der Waals surface area contributed by atoms with Gasteiger partial charge in [0, 0.05) is 18.0 Å². The monoisotopic (exact) mass is 419 g/mol. The Morgan fingerprint density at radius 3 is 2.48 bits per heavy atom. The number of hydrogen-bond acceptors (Lipinski definition) is 7. The number of pyridine rings is 3. The molecule has 0 saturated carbocycles. The van der Waals surface area contributed by atoms with Crippen molar-refractivity contribution in [3.05, 3.63) is 60.7 Å². The van der Waals surface area contributed by atoms with E-state index in [1.807, 2.05) is 38.1 Å². The summed E-state index contributed by atoms with van der Waals surface area (Å²) in [6.45, 7) is 4.00. The number of amides is 2. The first-order valence-corrected chi connectivity index (χ1v) is 9.83. The highest BCUT2D eigenvalue weighted by molar-refractivity contribution is 5.97. The molecule has 6 N–H and O–H groups in total. The van der Waals surface area contributed by atoms with Crippen molar-refractivity contribution in [1.82, 2.24) is 15.0 Å². The van der Waals surface area contributed by atoms with Crippen LogP contribution in [-0.2, 0) is 4.79 Å². The van der Waals surface area contributed by atoms with Gasteiger partial charge in [0.25, 0.3) is 5.91 Å². The predicted octanol–water partition coefficient (Wildman–Crippen LogP) is 2.69. The Morgan fingerprint density at radius 2 is 1.84 bits per heavy atom. The minimum Gasteiger partial charge on any atom is -0.372 e. The van der Waals surface area contributed by atoms with Gasteiger partial charge in [0.05, 0.1) is 23.3 Å². The van der Waals surface area contributed by atoms with Crippen LogP contribution in [-0.4, -0.2) is 32.8 Å². The molecule has 3 aromatic rings. The van der Waals surface area contributed by atoms with E-state index >= 15 is 0 Å². The van der Waals surface area contributed by atoms with E-state index in [1.165, 1.54) is 6.20 Å². The molecule has 1 atom stereocenters. The number of rotatable bonds is 9. The second-order valence-corrected chi connectivity index (χ2v) is 7.48. The molecular weight excluding hydrogens is 394 g/mol. The van der Waals surface area contributed by atoms with E-state index in [1.54, 1.807) is 24.5 Å². The number of anilines is 3. The second-order valence-electron chi connectivity index (χ2n) is 7.48. The number of primary amides is 2. The van der Waals surface area contributed by atoms with Crippen LogP contribution in [0.5, 0.6) is 0 Å². The third kappa shape index (κ3) is 5.75. The van der Waals surface area contributed by atoms with Gasteiger partial charge in [-0.1, -0.05) is 19.9 Å². The van der Waals surface area contributed by atoms with Crippen LogP contribution in [0.4, 0.5) is 17.2 Å². The zero-order chi connectivity index (χ0) is 22.4. The molecule has 0 aliphatic rings. The van der Waals surface area contributed by atoms with Crippen molar-refractivity contribution >= 4 is 29.0 Å². The molecule has 0 spiro atoms. The Hall–Kier alpha value is -4.01. The van der Waals surface area contributed by atoms with Gasteiger partial charge in [0.1, 0.15) is 11.9 Å². The molecule has 3 heterocycles. The van der Waals surface area contributed by atoms with Crippen LogP contribution >= 0.6 is 0 Å². The lowest BCUT2D eigenvalue weighted by Crippen LogP contribution is -2.36. The van der Waals surface area contributed by atoms with Crippen LogP contribution < -0.4 is 22.1 Å². The van der Waals surface area contributed by atoms with Gasteiger partial charge in [0.2, 0.25) is 5.91 Å². The van der Waals surface area contributed by atoms with E-state index in [0.717, 1.165) is 11.3 Å². The fraction of sp³-hybridized carbons (Fsp3) is 0.227. The van der Waals surface area contributed by atoms with E-state index in [4.69, 9.17) is 11.5 Å². The molecule has 0 aromatic carbocycles. The van der Waals surface area contributed by atoms with Crippen LogP contribution in [0.1, 0.15) is 30.8 Å². The molecule has 0 unspecified atom stereocenters. The smallest absolute Gasteiger partial charge is 0.269 e. The Bertz CT molecular complexity index is 1070. The number of nitrogens with zero attached hydrogens (tertiary/aromatic N) is 3. The van der Waals surface area contributed by atoms with E-state index in [2.05, 4.69) is 25.6 Å². The predicted molar refractivity (Wildman–Crippen MR) is 120 cm³/mol. The summed E-state index contributed by atoms with van der Waals surface area (Å²) in [5, 5.41) is 6.18. The SMILES string of the molecule is CC(C)C[C@@H](Nc1cnc(C(N)=O)c(Nc2cccc(-c3ccncc3)n2)c1)C(N)=O. The zero-order valence-corrected chi connectivity index (χ0v) is 17.4. The summed E-state index contributed by atoms with van der Waals surface area (Å²) < 4.78 is 0. The first-order valence-electron chi connectivity index (χ1n) is 9.83. The van der Waals surface area contributed by atoms with Gasteiger partial charge in [-0.15, -0.1) is 0 Å². The molecular formula is C22H25N7O2. The fourth-order valence-corrected chi connectivity index (χ4v) is 3.08. The quantitative estimate of drug-likeness (QED) is 0.416. The number of carbonyl (C=O) groups excluding carboxylic acids is 2. The molecule has 9 nitrogen and oxygen atoms in total. The largest absolute Gasteiger partial charge is 0.372 e. The van der Waals surface area contributed by atoms with Crippen molar-refractivity contribution in [3.63, 3.8) is 0 Å². The van der Waals surface area contributed by atoms with Crippen molar-refractivity contribution in [1.29, 1.82) is 0 Å². The lowest BCUT2D eigenvalue weighted by Gasteiger charge is -2.19. The van der Waals surface area contributed by atoms with Crippen molar-refractivity contribution in [2.75, 3.05) is 10.6 Å². The summed E-state index contributed by atoms with van der Waals surface area (Å²) in [7, 11) is 0. The first-order chi connectivity index (χ1) is 14.8. The highest BCUT2D eigenvalue weighted by atomic mass is 16.1. The van der Waals surface area contributed by atoms with E-state index < -0.39 is 17.9 Å². The van der Waals surface area contributed by atoms with E-state index in [0.29, 0.717) is 23.6 Å². The van der Waals surface area contributed by atoms with Crippen LogP contribution in [0, 0.1) is 5.92 Å². The Balaban J connectivity index is 1.90. The molecule has 3 rings (SSSR count). The van der Waals surface area contributed by atoms with Gasteiger partial charge in [-0.05, 0) is 42.7 Å². The molecule has 31 heavy (non-hydrogen) atoms. The molecule has 0 fully saturated rings. The number of nitrogens with one attached hydrogen (secondary N) is 2. The van der Waals surface area contributed by atoms with Crippen LogP contribution in [0.3, 0.4) is 0 Å². The minimum absolute atomic E-state index is 0.0566. The lowest BCUT2D eigenvalue weighted by atomic mass is 10.0. The normalized spacial score (nSPS) is 11.7. The molecule has 0 aliphatic carbocycles. The summed E-state index contributed by atoms with van der Waals surface area (Å²) in [6.07, 6.45) is 5.38. The summed E-state index contributed by atoms with van der Waals surface area (Å²) >= 11 is 0. The van der Waals surface area contributed by atoms with E-state index in [9.17, 15) is 9.59 Å². The molecule has 0 saturated heterocycles. The molecule has 160 valence electrons. The zero-order valence-electron chi connectivity index (χ0n) is 17.4. The van der Waals surface area contributed by atoms with Crippen LogP contribution in [0.25, 0.3) is 11.3 Å². The standard InChI is InChI=1S/C22H25N7O2/c1-13(2)10-18(21(23)30)27-15-11-17(20(22(24)31)26-12-15)29-19-5-3-4-16(28-19)14-6-8-25-9-7-14/h3-9,11-13,18,27H,10H2,1-2H3,(H2,23,30)(H2,24,31)(H,28,29)/t18-/m1/s1. The average Bonchev–Trinajstić information content (AvgIpc) is 2.74. The van der Waals surface area contributed by atoms with Crippen molar-refractivity contribution in [3.8, 4) is 11.3 Å². The van der Waals surface area contributed by atoms with Gasteiger partial charge in [-0.2, -0.15) is 0 Å². The van der Waals surface area contributed by atoms with Gasteiger partial charge in [-0.3, -0.25) is 14.6 Å². The second kappa shape index (κ2) is 9.66. The summed E-state index contributed by atoms with van der Waals surface area (Å²) in [4.78, 5) is 36.4. The van der Waals surface area contributed by atoms with Crippen molar-refractivity contribution in [2.45, 2.75) is 26.3 Å². The molecule has 3 aromatic heterocycles. The van der Waals surface area contributed by atoms with Gasteiger partial charge >= 0.3 is 0 Å². The fourth-order valence-electron chi connectivity index (χ4n) is 3.08. The Morgan fingerprint density at radius 1 is 1.10 bits per heavy atom. The highest BCUT2D eigenvalue weighted by Gasteiger charge is 2.19. The maximum atomic E-state index is 11.9. The molecule has 0 aliphatic heterocycles. The summed E-state index contributed by atoms with van der Waals surface area (Å²) in [6, 6.07) is 10.3. The lowest BCUT2D eigenvalue weighted by molar-refractivity contribution is -0.119. The van der Waals surface area contributed by atoms with Gasteiger partial charge in [-0.25, -0.2) is 9.97 Å². The van der Waals surface area contributed by atoms with Gasteiger partial charge in [0.15, 0.2) is 5.69 Å². The molecule has 0 bridgehead atoms. The highest BCUT2D eigenvalue weighted by Crippen LogP contribution is 2.25. The van der Waals surface area contributed by atoms with E-state index in [-0.39, 0.29) is 11.6 Å². The van der Waals surface area contributed by atoms with Crippen molar-refractivity contribution in [2.24, 2.45) is 17.4 Å².